The molecule has 162 valence electrons. The molecule has 1 aromatic carbocycles. The van der Waals surface area contributed by atoms with Crippen LogP contribution in [0.2, 0.25) is 10.0 Å². The number of nitrogens with one attached hydrogen (secondary N) is 2. The lowest BCUT2D eigenvalue weighted by Gasteiger charge is -2.58. The van der Waals surface area contributed by atoms with Crippen molar-refractivity contribution >= 4 is 35.0 Å². The summed E-state index contributed by atoms with van der Waals surface area (Å²) >= 11 is 12.0. The molecule has 2 fully saturated rings. The van der Waals surface area contributed by atoms with Crippen molar-refractivity contribution in [3.05, 3.63) is 33.8 Å². The second-order valence-electron chi connectivity index (χ2n) is 9.04. The molecule has 7 heteroatoms. The van der Waals surface area contributed by atoms with Gasteiger partial charge in [-0.3, -0.25) is 14.5 Å². The van der Waals surface area contributed by atoms with E-state index < -0.39 is 0 Å². The Hall–Kier alpha value is -1.30. The van der Waals surface area contributed by atoms with Crippen molar-refractivity contribution in [1.29, 1.82) is 0 Å². The molecule has 1 saturated carbocycles. The standard InChI is InChI=1S/C20H27Cl2N3O2.C2H6/c1-19(2,3)24-17(26)10-25-11-20(12-25)7-14(8-20)18(27)23-9-13-4-15(21)6-16(22)5-13;1-2/h4-6,14H,7-12H2,1-3H3,(H,23,27)(H,24,26);1-2H3. The fraction of sp³-hybridized carbons (Fsp3) is 0.636. The van der Waals surface area contributed by atoms with Crippen LogP contribution in [0.15, 0.2) is 18.2 Å². The molecule has 1 aliphatic heterocycles. The SMILES string of the molecule is CC.CC(C)(C)NC(=O)CN1CC2(CC(C(=O)NCc3cc(Cl)cc(Cl)c3)C2)C1. The van der Waals surface area contributed by atoms with Crippen LogP contribution < -0.4 is 10.6 Å². The van der Waals surface area contributed by atoms with Gasteiger partial charge in [-0.15, -0.1) is 0 Å². The Morgan fingerprint density at radius 3 is 2.17 bits per heavy atom. The summed E-state index contributed by atoms with van der Waals surface area (Å²) in [6, 6.07) is 5.29. The van der Waals surface area contributed by atoms with Crippen molar-refractivity contribution < 1.29 is 9.59 Å². The summed E-state index contributed by atoms with van der Waals surface area (Å²) in [5.74, 6) is 0.206. The van der Waals surface area contributed by atoms with E-state index in [0.717, 1.165) is 31.5 Å². The van der Waals surface area contributed by atoms with Crippen LogP contribution in [-0.4, -0.2) is 41.9 Å². The van der Waals surface area contributed by atoms with E-state index in [4.69, 9.17) is 23.2 Å². The van der Waals surface area contributed by atoms with Gasteiger partial charge in [-0.2, -0.15) is 0 Å². The highest BCUT2D eigenvalue weighted by molar-refractivity contribution is 6.34. The van der Waals surface area contributed by atoms with Gasteiger partial charge in [0.2, 0.25) is 11.8 Å². The van der Waals surface area contributed by atoms with Crippen LogP contribution in [-0.2, 0) is 16.1 Å². The minimum atomic E-state index is -0.202. The van der Waals surface area contributed by atoms with E-state index in [1.54, 1.807) is 6.07 Å². The number of halogens is 2. The van der Waals surface area contributed by atoms with Gasteiger partial charge in [-0.05, 0) is 62.8 Å². The summed E-state index contributed by atoms with van der Waals surface area (Å²) in [6.07, 6.45) is 1.79. The van der Waals surface area contributed by atoms with Gasteiger partial charge in [0.1, 0.15) is 0 Å². The number of amides is 2. The van der Waals surface area contributed by atoms with Gasteiger partial charge in [0.25, 0.3) is 0 Å². The number of likely N-dealkylation sites (tertiary alicyclic amines) is 1. The molecule has 1 aromatic rings. The molecule has 0 bridgehead atoms. The van der Waals surface area contributed by atoms with Crippen LogP contribution in [0.5, 0.6) is 0 Å². The molecule has 2 amide bonds. The zero-order chi connectivity index (χ0) is 21.8. The maximum absolute atomic E-state index is 12.4. The minimum absolute atomic E-state index is 0.0604. The molecule has 29 heavy (non-hydrogen) atoms. The fourth-order valence-corrected chi connectivity index (χ4v) is 4.72. The quantitative estimate of drug-likeness (QED) is 0.716. The second-order valence-corrected chi connectivity index (χ2v) is 9.92. The number of hydrogen-bond acceptors (Lipinski definition) is 3. The van der Waals surface area contributed by atoms with Crippen molar-refractivity contribution in [1.82, 2.24) is 15.5 Å². The molecule has 2 N–H and O–H groups in total. The number of nitrogens with zero attached hydrogens (tertiary/aromatic N) is 1. The third kappa shape index (κ3) is 6.87. The van der Waals surface area contributed by atoms with Crippen molar-refractivity contribution in [2.24, 2.45) is 11.3 Å². The van der Waals surface area contributed by atoms with Crippen LogP contribution in [0.25, 0.3) is 0 Å². The van der Waals surface area contributed by atoms with Crippen LogP contribution in [0.1, 0.15) is 53.0 Å². The van der Waals surface area contributed by atoms with Crippen LogP contribution in [0, 0.1) is 11.3 Å². The van der Waals surface area contributed by atoms with Gasteiger partial charge in [0.05, 0.1) is 6.54 Å². The van der Waals surface area contributed by atoms with Crippen molar-refractivity contribution in [2.75, 3.05) is 19.6 Å². The molecule has 2 aliphatic rings. The average Bonchev–Trinajstić information content (AvgIpc) is 2.53. The first-order chi connectivity index (χ1) is 13.5. The Kier molecular flexibility index (Phi) is 8.00. The van der Waals surface area contributed by atoms with Crippen molar-refractivity contribution in [2.45, 2.75) is 59.5 Å². The molecule has 1 saturated heterocycles. The van der Waals surface area contributed by atoms with E-state index >= 15 is 0 Å². The molecule has 3 rings (SSSR count). The van der Waals surface area contributed by atoms with Crippen LogP contribution in [0.3, 0.4) is 0 Å². The summed E-state index contributed by atoms with van der Waals surface area (Å²) in [6.45, 7) is 12.6. The van der Waals surface area contributed by atoms with E-state index in [-0.39, 0.29) is 28.7 Å². The predicted molar refractivity (Wildman–Crippen MR) is 119 cm³/mol. The number of carbonyl (C=O) groups is 2. The lowest BCUT2D eigenvalue weighted by molar-refractivity contribution is -0.148. The first-order valence-electron chi connectivity index (χ1n) is 10.3. The minimum Gasteiger partial charge on any atom is -0.352 e. The number of hydrogen-bond donors (Lipinski definition) is 2. The molecule has 0 atom stereocenters. The zero-order valence-electron chi connectivity index (χ0n) is 18.1. The van der Waals surface area contributed by atoms with Gasteiger partial charge in [0, 0.05) is 41.1 Å². The number of carbonyl (C=O) groups excluding carboxylic acids is 2. The van der Waals surface area contributed by atoms with E-state index in [2.05, 4.69) is 15.5 Å². The Morgan fingerprint density at radius 2 is 1.66 bits per heavy atom. The molecular formula is C22H33Cl2N3O2. The topological polar surface area (TPSA) is 61.4 Å². The molecule has 1 aliphatic carbocycles. The first kappa shape index (κ1) is 24.0. The first-order valence-corrected chi connectivity index (χ1v) is 11.1. The second kappa shape index (κ2) is 9.67. The predicted octanol–water partition coefficient (Wildman–Crippen LogP) is 4.26. The van der Waals surface area contributed by atoms with Crippen LogP contribution in [0.4, 0.5) is 0 Å². The normalized spacial score (nSPS) is 18.2. The van der Waals surface area contributed by atoms with Gasteiger partial charge in [0.15, 0.2) is 0 Å². The molecule has 1 spiro atoms. The van der Waals surface area contributed by atoms with E-state index in [1.165, 1.54) is 0 Å². The maximum Gasteiger partial charge on any atom is 0.234 e. The summed E-state index contributed by atoms with van der Waals surface area (Å²) in [7, 11) is 0. The zero-order valence-corrected chi connectivity index (χ0v) is 19.6. The van der Waals surface area contributed by atoms with E-state index in [9.17, 15) is 9.59 Å². The summed E-state index contributed by atoms with van der Waals surface area (Å²) in [5.41, 5.74) is 0.921. The van der Waals surface area contributed by atoms with Gasteiger partial charge in [-0.1, -0.05) is 37.0 Å². The largest absolute Gasteiger partial charge is 0.352 e. The Morgan fingerprint density at radius 1 is 1.10 bits per heavy atom. The molecule has 5 nitrogen and oxygen atoms in total. The smallest absolute Gasteiger partial charge is 0.234 e. The number of benzene rings is 1. The summed E-state index contributed by atoms with van der Waals surface area (Å²) < 4.78 is 0. The monoisotopic (exact) mass is 441 g/mol. The Labute approximate surface area is 184 Å². The lowest BCUT2D eigenvalue weighted by Crippen LogP contribution is -2.65. The average molecular weight is 442 g/mol. The van der Waals surface area contributed by atoms with Gasteiger partial charge < -0.3 is 10.6 Å². The van der Waals surface area contributed by atoms with Crippen molar-refractivity contribution in [3.8, 4) is 0 Å². The molecule has 0 unspecified atom stereocenters. The van der Waals surface area contributed by atoms with E-state index in [1.807, 2.05) is 46.8 Å². The third-order valence-electron chi connectivity index (χ3n) is 5.12. The molecule has 1 heterocycles. The van der Waals surface area contributed by atoms with Gasteiger partial charge >= 0.3 is 0 Å². The molecule has 0 radical (unpaired) electrons. The Bertz CT molecular complexity index is 712. The molecular weight excluding hydrogens is 409 g/mol. The number of rotatable bonds is 5. The summed E-state index contributed by atoms with van der Waals surface area (Å²) in [5, 5.41) is 7.10. The fourth-order valence-electron chi connectivity index (χ4n) is 4.15. The highest BCUT2D eigenvalue weighted by atomic mass is 35.5. The Balaban J connectivity index is 0.00000145. The van der Waals surface area contributed by atoms with Gasteiger partial charge in [-0.25, -0.2) is 0 Å². The highest BCUT2D eigenvalue weighted by Gasteiger charge is 2.54. The van der Waals surface area contributed by atoms with Crippen molar-refractivity contribution in [3.63, 3.8) is 0 Å². The third-order valence-corrected chi connectivity index (χ3v) is 5.55. The highest BCUT2D eigenvalue weighted by Crippen LogP contribution is 2.51. The lowest BCUT2D eigenvalue weighted by atomic mass is 9.57. The maximum atomic E-state index is 12.4. The van der Waals surface area contributed by atoms with E-state index in [0.29, 0.717) is 23.1 Å². The molecule has 0 aromatic heterocycles. The summed E-state index contributed by atoms with van der Waals surface area (Å²) in [4.78, 5) is 26.5. The van der Waals surface area contributed by atoms with Crippen LogP contribution >= 0.6 is 23.2 Å².